The summed E-state index contributed by atoms with van der Waals surface area (Å²) in [4.78, 5) is 13.0. The molecule has 0 aromatic heterocycles. The molecule has 0 bridgehead atoms. The third-order valence-corrected chi connectivity index (χ3v) is 5.66. The molecule has 3 aromatic rings. The Labute approximate surface area is 177 Å². The van der Waals surface area contributed by atoms with Crippen LogP contribution in [0.1, 0.15) is 22.7 Å². The van der Waals surface area contributed by atoms with Gasteiger partial charge in [0, 0.05) is 12.2 Å². The minimum absolute atomic E-state index is 0.0823. The van der Waals surface area contributed by atoms with E-state index in [4.69, 9.17) is 5.14 Å². The molecule has 7 heteroatoms. The molecule has 0 saturated heterocycles. The minimum atomic E-state index is -3.70. The van der Waals surface area contributed by atoms with Gasteiger partial charge >= 0.3 is 0 Å². The van der Waals surface area contributed by atoms with E-state index in [1.165, 1.54) is 12.1 Å². The number of benzene rings is 3. The van der Waals surface area contributed by atoms with Crippen LogP contribution in [0.3, 0.4) is 0 Å². The van der Waals surface area contributed by atoms with Crippen molar-refractivity contribution in [3.63, 3.8) is 0 Å². The van der Waals surface area contributed by atoms with Gasteiger partial charge in [-0.1, -0.05) is 60.2 Å². The maximum Gasteiger partial charge on any atom is 0.246 e. The van der Waals surface area contributed by atoms with Crippen LogP contribution >= 0.6 is 0 Å². The Kier molecular flexibility index (Phi) is 6.99. The summed E-state index contributed by atoms with van der Waals surface area (Å²) in [6.45, 7) is 2.53. The molecule has 3 rings (SSSR count). The monoisotopic (exact) mass is 423 g/mol. The van der Waals surface area contributed by atoms with Crippen molar-refractivity contribution in [2.24, 2.45) is 5.14 Å². The molecule has 0 aliphatic carbocycles. The summed E-state index contributed by atoms with van der Waals surface area (Å²) in [6, 6.07) is 23.1. The molecule has 0 saturated carbocycles. The molecule has 30 heavy (non-hydrogen) atoms. The predicted molar refractivity (Wildman–Crippen MR) is 119 cm³/mol. The highest BCUT2D eigenvalue weighted by Gasteiger charge is 2.20. The molecule has 3 aromatic carbocycles. The third-order valence-electron chi connectivity index (χ3n) is 4.73. The first kappa shape index (κ1) is 21.7. The second kappa shape index (κ2) is 9.67. The van der Waals surface area contributed by atoms with Crippen molar-refractivity contribution < 1.29 is 13.2 Å². The summed E-state index contributed by atoms with van der Waals surface area (Å²) in [6.07, 6.45) is 0.631. The summed E-state index contributed by atoms with van der Waals surface area (Å²) in [5.41, 5.74) is 3.68. The number of sulfonamides is 1. The van der Waals surface area contributed by atoms with Gasteiger partial charge in [0.15, 0.2) is 0 Å². The smallest absolute Gasteiger partial charge is 0.246 e. The van der Waals surface area contributed by atoms with Crippen molar-refractivity contribution in [3.8, 4) is 0 Å². The van der Waals surface area contributed by atoms with E-state index in [0.717, 1.165) is 22.4 Å². The molecular weight excluding hydrogens is 398 g/mol. The lowest BCUT2D eigenvalue weighted by atomic mass is 10.1. The SMILES string of the molecule is Cc1ccc(NC(=O)C(NCCc2ccc(S(N)(=O)=O)cc2)c2ccccc2)cc1. The Morgan fingerprint density at radius 1 is 0.933 bits per heavy atom. The third kappa shape index (κ3) is 6.00. The number of rotatable bonds is 8. The van der Waals surface area contributed by atoms with Gasteiger partial charge in [0.1, 0.15) is 6.04 Å². The van der Waals surface area contributed by atoms with E-state index in [1.807, 2.05) is 61.5 Å². The van der Waals surface area contributed by atoms with Crippen LogP contribution in [0, 0.1) is 6.92 Å². The van der Waals surface area contributed by atoms with Crippen LogP contribution in [0.5, 0.6) is 0 Å². The quantitative estimate of drug-likeness (QED) is 0.518. The average molecular weight is 424 g/mol. The summed E-state index contributed by atoms with van der Waals surface area (Å²) in [7, 11) is -3.70. The number of nitrogens with one attached hydrogen (secondary N) is 2. The second-order valence-electron chi connectivity index (χ2n) is 7.09. The highest BCUT2D eigenvalue weighted by Crippen LogP contribution is 2.17. The number of anilines is 1. The van der Waals surface area contributed by atoms with Gasteiger partial charge in [-0.2, -0.15) is 0 Å². The molecule has 156 valence electrons. The van der Waals surface area contributed by atoms with Crippen molar-refractivity contribution >= 4 is 21.6 Å². The number of nitrogens with two attached hydrogens (primary N) is 1. The van der Waals surface area contributed by atoms with Crippen LogP contribution in [-0.2, 0) is 21.2 Å². The van der Waals surface area contributed by atoms with Crippen LogP contribution in [0.25, 0.3) is 0 Å². The number of carbonyl (C=O) groups is 1. The highest BCUT2D eigenvalue weighted by molar-refractivity contribution is 7.89. The maximum atomic E-state index is 12.9. The number of hydrogen-bond acceptors (Lipinski definition) is 4. The summed E-state index contributed by atoms with van der Waals surface area (Å²) >= 11 is 0. The van der Waals surface area contributed by atoms with Crippen LogP contribution in [0.15, 0.2) is 83.8 Å². The zero-order valence-corrected chi connectivity index (χ0v) is 17.5. The van der Waals surface area contributed by atoms with E-state index < -0.39 is 16.1 Å². The number of primary sulfonamides is 1. The molecule has 6 nitrogen and oxygen atoms in total. The van der Waals surface area contributed by atoms with Crippen LogP contribution in [0.4, 0.5) is 5.69 Å². The fraction of sp³-hybridized carbons (Fsp3) is 0.174. The number of amides is 1. The zero-order valence-electron chi connectivity index (χ0n) is 16.7. The van der Waals surface area contributed by atoms with Crippen LogP contribution in [0.2, 0.25) is 0 Å². The molecule has 0 spiro atoms. The van der Waals surface area contributed by atoms with Crippen molar-refractivity contribution in [2.75, 3.05) is 11.9 Å². The lowest BCUT2D eigenvalue weighted by Gasteiger charge is -2.19. The fourth-order valence-corrected chi connectivity index (χ4v) is 3.58. The van der Waals surface area contributed by atoms with Gasteiger partial charge in [-0.3, -0.25) is 4.79 Å². The van der Waals surface area contributed by atoms with Gasteiger partial charge in [-0.15, -0.1) is 0 Å². The molecule has 1 amide bonds. The van der Waals surface area contributed by atoms with Crippen LogP contribution in [-0.4, -0.2) is 20.9 Å². The number of carbonyl (C=O) groups excluding carboxylic acids is 1. The predicted octanol–water partition coefficient (Wildman–Crippen LogP) is 3.15. The first-order valence-electron chi connectivity index (χ1n) is 9.60. The standard InChI is InChI=1S/C23H25N3O3S/c1-17-7-11-20(12-8-17)26-23(27)22(19-5-3-2-4-6-19)25-16-15-18-9-13-21(14-10-18)30(24,28)29/h2-14,22,25H,15-16H2,1H3,(H,26,27)(H2,24,28,29). The zero-order chi connectivity index (χ0) is 21.6. The van der Waals surface area contributed by atoms with E-state index in [-0.39, 0.29) is 10.8 Å². The molecule has 0 fully saturated rings. The fourth-order valence-electron chi connectivity index (χ4n) is 3.07. The molecule has 0 aliphatic heterocycles. The van der Waals surface area contributed by atoms with Gasteiger partial charge in [0.05, 0.1) is 4.90 Å². The molecule has 0 radical (unpaired) electrons. The summed E-state index contributed by atoms with van der Waals surface area (Å²) in [5.74, 6) is -0.144. The van der Waals surface area contributed by atoms with E-state index in [9.17, 15) is 13.2 Å². The first-order chi connectivity index (χ1) is 14.3. The number of aryl methyl sites for hydroxylation is 1. The normalized spacial score (nSPS) is 12.3. The molecule has 1 atom stereocenters. The van der Waals surface area contributed by atoms with E-state index in [1.54, 1.807) is 12.1 Å². The van der Waals surface area contributed by atoms with Crippen molar-refractivity contribution in [1.29, 1.82) is 0 Å². The maximum absolute atomic E-state index is 12.9. The van der Waals surface area contributed by atoms with Gasteiger partial charge in [0.2, 0.25) is 15.9 Å². The van der Waals surface area contributed by atoms with Gasteiger partial charge in [-0.25, -0.2) is 13.6 Å². The van der Waals surface area contributed by atoms with E-state index in [2.05, 4.69) is 10.6 Å². The topological polar surface area (TPSA) is 101 Å². The summed E-state index contributed by atoms with van der Waals surface area (Å²) < 4.78 is 22.7. The van der Waals surface area contributed by atoms with Crippen molar-refractivity contribution in [3.05, 3.63) is 95.6 Å². The molecule has 1 unspecified atom stereocenters. The lowest BCUT2D eigenvalue weighted by Crippen LogP contribution is -2.34. The van der Waals surface area contributed by atoms with E-state index >= 15 is 0 Å². The number of hydrogen-bond donors (Lipinski definition) is 3. The Hall–Kier alpha value is -3.00. The lowest BCUT2D eigenvalue weighted by molar-refractivity contribution is -0.118. The minimum Gasteiger partial charge on any atom is -0.324 e. The Morgan fingerprint density at radius 3 is 2.17 bits per heavy atom. The molecule has 4 N–H and O–H groups in total. The molecular formula is C23H25N3O3S. The van der Waals surface area contributed by atoms with Crippen molar-refractivity contribution in [1.82, 2.24) is 5.32 Å². The molecule has 0 aliphatic rings. The first-order valence-corrected chi connectivity index (χ1v) is 11.2. The highest BCUT2D eigenvalue weighted by atomic mass is 32.2. The average Bonchev–Trinajstić information content (AvgIpc) is 2.73. The van der Waals surface area contributed by atoms with Gasteiger partial charge in [-0.05, 0) is 48.7 Å². The van der Waals surface area contributed by atoms with Gasteiger partial charge < -0.3 is 10.6 Å². The van der Waals surface area contributed by atoms with E-state index in [0.29, 0.717) is 13.0 Å². The second-order valence-corrected chi connectivity index (χ2v) is 8.65. The van der Waals surface area contributed by atoms with Crippen molar-refractivity contribution in [2.45, 2.75) is 24.3 Å². The largest absolute Gasteiger partial charge is 0.324 e. The Bertz CT molecular complexity index is 1080. The Balaban J connectivity index is 1.67. The Morgan fingerprint density at radius 2 is 1.57 bits per heavy atom. The molecule has 0 heterocycles. The van der Waals surface area contributed by atoms with Gasteiger partial charge in [0.25, 0.3) is 0 Å². The summed E-state index contributed by atoms with van der Waals surface area (Å²) in [5, 5.41) is 11.4. The van der Waals surface area contributed by atoms with Crippen LogP contribution < -0.4 is 15.8 Å².